The van der Waals surface area contributed by atoms with Crippen molar-refractivity contribution in [2.75, 3.05) is 12.8 Å². The highest BCUT2D eigenvalue weighted by Gasteiger charge is 2.48. The van der Waals surface area contributed by atoms with Crippen LogP contribution >= 0.6 is 11.8 Å². The number of hydrogen-bond acceptors (Lipinski definition) is 5. The van der Waals surface area contributed by atoms with Crippen molar-refractivity contribution in [3.63, 3.8) is 0 Å². The molecule has 0 radical (unpaired) electrons. The Kier molecular flexibility index (Phi) is 5.08. The van der Waals surface area contributed by atoms with Gasteiger partial charge in [-0.05, 0) is 12.0 Å². The van der Waals surface area contributed by atoms with Gasteiger partial charge in [0.05, 0.1) is 0 Å². The summed E-state index contributed by atoms with van der Waals surface area (Å²) in [5, 5.41) is 3.27. The Balaban J connectivity index is 1.85. The number of hydrogen-bond donors (Lipinski definition) is 1. The van der Waals surface area contributed by atoms with E-state index in [0.29, 0.717) is 6.54 Å². The number of imide groups is 1. The highest BCUT2D eigenvalue weighted by molar-refractivity contribution is 8.13. The van der Waals surface area contributed by atoms with Crippen molar-refractivity contribution in [2.45, 2.75) is 38.5 Å². The quantitative estimate of drug-likeness (QED) is 0.831. The van der Waals surface area contributed by atoms with Crippen LogP contribution in [0.5, 0.6) is 0 Å². The average Bonchev–Trinajstić information content (AvgIpc) is 2.93. The number of nitrogens with zero attached hydrogens (tertiary/aromatic N) is 3. The Bertz CT molecular complexity index is 649. The number of thioether (sulfide) groups is 1. The number of likely N-dealkylation sites (N-methyl/N-ethyl adjacent to an activating group) is 1. The molecular weight excluding hydrogens is 324 g/mol. The molecule has 1 fully saturated rings. The maximum absolute atomic E-state index is 12.4. The van der Waals surface area contributed by atoms with E-state index in [9.17, 15) is 9.59 Å². The van der Waals surface area contributed by atoms with E-state index in [2.05, 4.69) is 12.2 Å². The van der Waals surface area contributed by atoms with Crippen LogP contribution < -0.4 is 5.32 Å². The van der Waals surface area contributed by atoms with Crippen molar-refractivity contribution in [1.82, 2.24) is 15.1 Å². The minimum absolute atomic E-state index is 0.270. The molecule has 2 unspecified atom stereocenters. The van der Waals surface area contributed by atoms with Crippen LogP contribution in [0.2, 0.25) is 0 Å². The lowest BCUT2D eigenvalue weighted by Gasteiger charge is -2.36. The lowest BCUT2D eigenvalue weighted by Crippen LogP contribution is -2.63. The topological polar surface area (TPSA) is 65.0 Å². The maximum Gasteiger partial charge on any atom is 0.325 e. The third kappa shape index (κ3) is 3.26. The van der Waals surface area contributed by atoms with Gasteiger partial charge in [-0.3, -0.25) is 10.1 Å². The average molecular weight is 346 g/mol. The summed E-state index contributed by atoms with van der Waals surface area (Å²) < 4.78 is 0. The first-order valence-electron chi connectivity index (χ1n) is 8.20. The summed E-state index contributed by atoms with van der Waals surface area (Å²) in [4.78, 5) is 32.5. The van der Waals surface area contributed by atoms with E-state index in [1.807, 2.05) is 35.2 Å². The molecule has 2 aliphatic rings. The summed E-state index contributed by atoms with van der Waals surface area (Å²) in [6.45, 7) is 2.76. The van der Waals surface area contributed by atoms with Crippen LogP contribution in [-0.2, 0) is 11.3 Å². The molecule has 7 heteroatoms. The fourth-order valence-corrected chi connectivity index (χ4v) is 4.02. The second-order valence-electron chi connectivity index (χ2n) is 5.99. The number of unbranched alkanes of at least 4 members (excludes halogenated alkanes) is 1. The van der Waals surface area contributed by atoms with Gasteiger partial charge in [0.1, 0.15) is 0 Å². The third-order valence-corrected chi connectivity index (χ3v) is 5.34. The van der Waals surface area contributed by atoms with Crippen LogP contribution in [0.15, 0.2) is 35.3 Å². The van der Waals surface area contributed by atoms with Gasteiger partial charge in [0.25, 0.3) is 5.91 Å². The molecule has 6 nitrogen and oxygen atoms in total. The number of benzene rings is 1. The number of carbonyl (C=O) groups excluding carboxylic acids is 2. The summed E-state index contributed by atoms with van der Waals surface area (Å²) in [7, 11) is 1.68. The van der Waals surface area contributed by atoms with Gasteiger partial charge < -0.3 is 9.80 Å². The molecule has 3 rings (SSSR count). The molecule has 1 aromatic rings. The molecule has 2 heterocycles. The Morgan fingerprint density at radius 3 is 2.71 bits per heavy atom. The number of carbonyl (C=O) groups is 2. The van der Waals surface area contributed by atoms with Gasteiger partial charge in [0, 0.05) is 19.3 Å². The fraction of sp³-hybridized carbons (Fsp3) is 0.471. The van der Waals surface area contributed by atoms with Gasteiger partial charge in [0.2, 0.25) is 0 Å². The molecule has 3 amide bonds. The number of amides is 3. The molecular formula is C17H22N4O2S. The van der Waals surface area contributed by atoms with Crippen molar-refractivity contribution in [3.05, 3.63) is 35.9 Å². The molecule has 0 aliphatic carbocycles. The highest BCUT2D eigenvalue weighted by atomic mass is 32.2. The summed E-state index contributed by atoms with van der Waals surface area (Å²) in [5.74, 6) is 0.688. The van der Waals surface area contributed by atoms with E-state index in [4.69, 9.17) is 4.99 Å². The van der Waals surface area contributed by atoms with Crippen molar-refractivity contribution < 1.29 is 9.59 Å². The molecule has 0 saturated carbocycles. The standard InChI is InChI=1S/C17H22N4O2S/c1-3-4-10-24-17-18-14-13(15(22)19-16(23)20(14)2)21(17)11-12-8-6-5-7-9-12/h5-9,13-14H,3-4,10-11H2,1-2H3,(H,19,22,23). The molecule has 1 saturated heterocycles. The van der Waals surface area contributed by atoms with Crippen LogP contribution in [-0.4, -0.2) is 51.9 Å². The summed E-state index contributed by atoms with van der Waals surface area (Å²) in [6, 6.07) is 9.18. The second-order valence-corrected chi connectivity index (χ2v) is 7.05. The van der Waals surface area contributed by atoms with E-state index < -0.39 is 12.2 Å². The molecule has 24 heavy (non-hydrogen) atoms. The zero-order chi connectivity index (χ0) is 17.1. The lowest BCUT2D eigenvalue weighted by atomic mass is 10.1. The largest absolute Gasteiger partial charge is 0.331 e. The number of urea groups is 1. The number of amidine groups is 1. The molecule has 0 spiro atoms. The highest BCUT2D eigenvalue weighted by Crippen LogP contribution is 2.30. The predicted molar refractivity (Wildman–Crippen MR) is 95.7 cm³/mol. The lowest BCUT2D eigenvalue weighted by molar-refractivity contribution is -0.127. The summed E-state index contributed by atoms with van der Waals surface area (Å²) >= 11 is 1.67. The minimum Gasteiger partial charge on any atom is -0.331 e. The molecule has 0 bridgehead atoms. The molecule has 2 aliphatic heterocycles. The SMILES string of the molecule is CCCCSC1=NC2C(C(=O)NC(=O)N2C)N1Cc1ccccc1. The first kappa shape index (κ1) is 16.8. The Hall–Kier alpha value is -2.02. The molecule has 128 valence electrons. The van der Waals surface area contributed by atoms with Crippen LogP contribution in [0.1, 0.15) is 25.3 Å². The Morgan fingerprint density at radius 2 is 2.00 bits per heavy atom. The predicted octanol–water partition coefficient (Wildman–Crippen LogP) is 2.27. The van der Waals surface area contributed by atoms with Gasteiger partial charge in [-0.1, -0.05) is 55.4 Å². The number of aliphatic imine (C=N–C) groups is 1. The van der Waals surface area contributed by atoms with E-state index in [0.717, 1.165) is 29.3 Å². The first-order chi connectivity index (χ1) is 11.6. The third-order valence-electron chi connectivity index (χ3n) is 4.25. The normalized spacial score (nSPS) is 23.2. The van der Waals surface area contributed by atoms with Crippen LogP contribution in [0, 0.1) is 0 Å². The zero-order valence-electron chi connectivity index (χ0n) is 13.9. The van der Waals surface area contributed by atoms with Gasteiger partial charge in [-0.2, -0.15) is 0 Å². The number of fused-ring (bicyclic) bond motifs is 1. The zero-order valence-corrected chi connectivity index (χ0v) is 14.8. The minimum atomic E-state index is -0.461. The monoisotopic (exact) mass is 346 g/mol. The van der Waals surface area contributed by atoms with E-state index in [1.54, 1.807) is 18.8 Å². The summed E-state index contributed by atoms with van der Waals surface area (Å²) in [5.41, 5.74) is 1.12. The number of nitrogens with one attached hydrogen (secondary N) is 1. The second kappa shape index (κ2) is 7.25. The first-order valence-corrected chi connectivity index (χ1v) is 9.19. The van der Waals surface area contributed by atoms with Gasteiger partial charge in [0.15, 0.2) is 17.4 Å². The molecule has 0 aromatic heterocycles. The summed E-state index contributed by atoms with van der Waals surface area (Å²) in [6.07, 6.45) is 1.77. The fourth-order valence-electron chi connectivity index (χ4n) is 2.87. The number of rotatable bonds is 5. The van der Waals surface area contributed by atoms with Gasteiger partial charge in [-0.15, -0.1) is 0 Å². The van der Waals surface area contributed by atoms with Crippen molar-refractivity contribution in [2.24, 2.45) is 4.99 Å². The van der Waals surface area contributed by atoms with E-state index in [-0.39, 0.29) is 11.9 Å². The van der Waals surface area contributed by atoms with Crippen molar-refractivity contribution in [3.8, 4) is 0 Å². The van der Waals surface area contributed by atoms with E-state index in [1.165, 1.54) is 4.90 Å². The van der Waals surface area contributed by atoms with Gasteiger partial charge >= 0.3 is 6.03 Å². The van der Waals surface area contributed by atoms with Gasteiger partial charge in [-0.25, -0.2) is 9.79 Å². The van der Waals surface area contributed by atoms with E-state index >= 15 is 0 Å². The van der Waals surface area contributed by atoms with Crippen LogP contribution in [0.4, 0.5) is 4.79 Å². The van der Waals surface area contributed by atoms with Crippen molar-refractivity contribution >= 4 is 28.9 Å². The van der Waals surface area contributed by atoms with Crippen LogP contribution in [0.3, 0.4) is 0 Å². The smallest absolute Gasteiger partial charge is 0.325 e. The Morgan fingerprint density at radius 1 is 1.25 bits per heavy atom. The molecule has 1 aromatic carbocycles. The van der Waals surface area contributed by atoms with Crippen LogP contribution in [0.25, 0.3) is 0 Å². The molecule has 1 N–H and O–H groups in total. The Labute approximate surface area is 146 Å². The molecule has 2 atom stereocenters. The van der Waals surface area contributed by atoms with Crippen molar-refractivity contribution in [1.29, 1.82) is 0 Å². The maximum atomic E-state index is 12.4.